The lowest BCUT2D eigenvalue weighted by molar-refractivity contribution is 0.0731. The van der Waals surface area contributed by atoms with Crippen LogP contribution in [0, 0.1) is 0 Å². The lowest BCUT2D eigenvalue weighted by Gasteiger charge is -2.31. The monoisotopic (exact) mass is 428 g/mol. The third-order valence-corrected chi connectivity index (χ3v) is 5.91. The fourth-order valence-corrected chi connectivity index (χ4v) is 4.23. The predicted molar refractivity (Wildman–Crippen MR) is 115 cm³/mol. The quantitative estimate of drug-likeness (QED) is 0.778. The van der Waals surface area contributed by atoms with E-state index >= 15 is 0 Å². The third-order valence-electron chi connectivity index (χ3n) is 5.91. The summed E-state index contributed by atoms with van der Waals surface area (Å²) < 4.78 is 16.0. The molecule has 2 aliphatic rings. The van der Waals surface area contributed by atoms with Crippen molar-refractivity contribution in [1.29, 1.82) is 0 Å². The van der Waals surface area contributed by atoms with Gasteiger partial charge in [0.25, 0.3) is 11.5 Å². The molecule has 1 aromatic carbocycles. The molecule has 0 aliphatic carbocycles. The molecule has 0 unspecified atom stereocenters. The molecule has 0 bridgehead atoms. The van der Waals surface area contributed by atoms with Gasteiger partial charge in [-0.2, -0.15) is 0 Å². The van der Waals surface area contributed by atoms with Gasteiger partial charge < -0.3 is 24.0 Å². The number of nitrogens with one attached hydrogen (secondary N) is 1. The number of ether oxygens (including phenoxy) is 3. The van der Waals surface area contributed by atoms with Gasteiger partial charge in [0.2, 0.25) is 11.7 Å². The zero-order chi connectivity index (χ0) is 22.0. The topological polar surface area (TPSA) is 97.0 Å². The summed E-state index contributed by atoms with van der Waals surface area (Å²) in [6.07, 6.45) is 3.97. The third kappa shape index (κ3) is 4.04. The molecule has 3 heterocycles. The van der Waals surface area contributed by atoms with Crippen LogP contribution in [0.15, 0.2) is 16.9 Å². The fraction of sp³-hybridized carbons (Fsp3) is 0.500. The molecule has 9 nitrogen and oxygen atoms in total. The van der Waals surface area contributed by atoms with Crippen molar-refractivity contribution in [1.82, 2.24) is 14.9 Å². The van der Waals surface area contributed by atoms with Crippen LogP contribution in [0.25, 0.3) is 0 Å². The van der Waals surface area contributed by atoms with Gasteiger partial charge in [-0.05, 0) is 31.4 Å². The smallest absolute Gasteiger partial charge is 0.257 e. The minimum atomic E-state index is -0.204. The summed E-state index contributed by atoms with van der Waals surface area (Å²) in [7, 11) is 4.53. The molecule has 0 spiro atoms. The van der Waals surface area contributed by atoms with Gasteiger partial charge in [-0.25, -0.2) is 4.98 Å². The Morgan fingerprint density at radius 2 is 1.68 bits per heavy atom. The highest BCUT2D eigenvalue weighted by Gasteiger charge is 2.28. The summed E-state index contributed by atoms with van der Waals surface area (Å²) >= 11 is 0. The van der Waals surface area contributed by atoms with Crippen LogP contribution in [-0.4, -0.2) is 61.7 Å². The van der Waals surface area contributed by atoms with Crippen LogP contribution in [0.2, 0.25) is 0 Å². The number of nitrogens with zero attached hydrogens (tertiary/aromatic N) is 3. The number of benzene rings is 1. The highest BCUT2D eigenvalue weighted by Crippen LogP contribution is 2.38. The molecule has 2 aliphatic heterocycles. The van der Waals surface area contributed by atoms with E-state index in [0.29, 0.717) is 47.3 Å². The van der Waals surface area contributed by atoms with Crippen LogP contribution in [-0.2, 0) is 13.0 Å². The second-order valence-electron chi connectivity index (χ2n) is 7.75. The Kier molecular flexibility index (Phi) is 6.01. The normalized spacial score (nSPS) is 16.0. The second kappa shape index (κ2) is 8.87. The van der Waals surface area contributed by atoms with Crippen molar-refractivity contribution in [3.8, 4) is 17.2 Å². The molecular weight excluding hydrogens is 400 g/mol. The summed E-state index contributed by atoms with van der Waals surface area (Å²) in [5.74, 6) is 1.69. The molecular formula is C22H28N4O5. The van der Waals surface area contributed by atoms with Crippen molar-refractivity contribution >= 4 is 11.9 Å². The number of hydrogen-bond donors (Lipinski definition) is 1. The first-order valence-corrected chi connectivity index (χ1v) is 10.5. The Morgan fingerprint density at radius 3 is 2.29 bits per heavy atom. The maximum Gasteiger partial charge on any atom is 0.257 e. The van der Waals surface area contributed by atoms with Crippen LogP contribution < -0.4 is 24.7 Å². The zero-order valence-corrected chi connectivity index (χ0v) is 18.2. The molecule has 1 saturated heterocycles. The zero-order valence-electron chi connectivity index (χ0n) is 18.2. The standard InChI is InChI=1S/C22H28N4O5/c1-29-17-11-14(12-18(30-2)19(17)31-3)21(28)26-10-7-16-15(13-26)20(27)24-22(23-16)25-8-5-4-6-9-25/h11-12H,4-10,13H2,1-3H3,(H,23,24,27). The average Bonchev–Trinajstić information content (AvgIpc) is 2.82. The Balaban J connectivity index is 1.59. The number of hydrogen-bond acceptors (Lipinski definition) is 7. The van der Waals surface area contributed by atoms with Gasteiger partial charge in [-0.1, -0.05) is 0 Å². The van der Waals surface area contributed by atoms with Crippen LogP contribution >= 0.6 is 0 Å². The number of aromatic nitrogens is 2. The van der Waals surface area contributed by atoms with Crippen molar-refractivity contribution in [2.75, 3.05) is 45.9 Å². The van der Waals surface area contributed by atoms with E-state index in [1.807, 2.05) is 0 Å². The van der Waals surface area contributed by atoms with E-state index in [1.165, 1.54) is 27.8 Å². The lowest BCUT2D eigenvalue weighted by Crippen LogP contribution is -2.41. The summed E-state index contributed by atoms with van der Waals surface area (Å²) in [4.78, 5) is 37.4. The first-order chi connectivity index (χ1) is 15.0. The molecule has 0 radical (unpaired) electrons. The molecule has 9 heteroatoms. The summed E-state index contributed by atoms with van der Waals surface area (Å²) in [6.45, 7) is 2.52. The van der Waals surface area contributed by atoms with Gasteiger partial charge in [-0.15, -0.1) is 0 Å². The molecule has 0 atom stereocenters. The van der Waals surface area contributed by atoms with Gasteiger partial charge in [0, 0.05) is 31.6 Å². The van der Waals surface area contributed by atoms with Gasteiger partial charge in [0.05, 0.1) is 39.1 Å². The summed E-state index contributed by atoms with van der Waals surface area (Å²) in [5.41, 5.74) is 1.56. The number of piperidine rings is 1. The first kappa shape index (κ1) is 21.0. The van der Waals surface area contributed by atoms with Crippen molar-refractivity contribution in [2.45, 2.75) is 32.2 Å². The Hall–Kier alpha value is -3.23. The molecule has 1 N–H and O–H groups in total. The molecule has 1 fully saturated rings. The molecule has 1 amide bonds. The maximum absolute atomic E-state index is 13.2. The van der Waals surface area contributed by atoms with Crippen LogP contribution in [0.5, 0.6) is 17.2 Å². The van der Waals surface area contributed by atoms with Gasteiger partial charge in [0.1, 0.15) is 0 Å². The maximum atomic E-state index is 13.2. The number of amides is 1. The molecule has 166 valence electrons. The number of rotatable bonds is 5. The number of aromatic amines is 1. The minimum absolute atomic E-state index is 0.173. The fourth-order valence-electron chi connectivity index (χ4n) is 4.23. The van der Waals surface area contributed by atoms with Crippen molar-refractivity contribution in [3.63, 3.8) is 0 Å². The molecule has 1 aromatic heterocycles. The predicted octanol–water partition coefficient (Wildman–Crippen LogP) is 1.98. The molecule has 0 saturated carbocycles. The average molecular weight is 428 g/mol. The number of fused-ring (bicyclic) bond motifs is 1. The van der Waals surface area contributed by atoms with E-state index in [-0.39, 0.29) is 18.0 Å². The van der Waals surface area contributed by atoms with Crippen molar-refractivity contribution in [2.24, 2.45) is 0 Å². The number of anilines is 1. The number of H-pyrrole nitrogens is 1. The van der Waals surface area contributed by atoms with E-state index in [2.05, 4.69) is 9.88 Å². The summed E-state index contributed by atoms with van der Waals surface area (Å²) in [5, 5.41) is 0. The van der Waals surface area contributed by atoms with E-state index < -0.39 is 0 Å². The minimum Gasteiger partial charge on any atom is -0.493 e. The molecule has 4 rings (SSSR count). The molecule has 2 aromatic rings. The Morgan fingerprint density at radius 1 is 1.00 bits per heavy atom. The van der Waals surface area contributed by atoms with Crippen molar-refractivity contribution in [3.05, 3.63) is 39.3 Å². The van der Waals surface area contributed by atoms with Crippen LogP contribution in [0.4, 0.5) is 5.95 Å². The SMILES string of the molecule is COc1cc(C(=O)N2CCc3nc(N4CCCCC4)[nH]c(=O)c3C2)cc(OC)c1OC. The van der Waals surface area contributed by atoms with Gasteiger partial charge in [0.15, 0.2) is 11.5 Å². The van der Waals surface area contributed by atoms with Crippen LogP contribution in [0.1, 0.15) is 40.9 Å². The van der Waals surface area contributed by atoms with Crippen LogP contribution in [0.3, 0.4) is 0 Å². The Bertz CT molecular complexity index is 1000. The summed E-state index contributed by atoms with van der Waals surface area (Å²) in [6, 6.07) is 3.25. The highest BCUT2D eigenvalue weighted by atomic mass is 16.5. The first-order valence-electron chi connectivity index (χ1n) is 10.5. The van der Waals surface area contributed by atoms with E-state index in [0.717, 1.165) is 31.6 Å². The van der Waals surface area contributed by atoms with E-state index in [9.17, 15) is 9.59 Å². The van der Waals surface area contributed by atoms with Gasteiger partial charge >= 0.3 is 0 Å². The number of methoxy groups -OCH3 is 3. The number of carbonyl (C=O) groups is 1. The second-order valence-corrected chi connectivity index (χ2v) is 7.75. The number of carbonyl (C=O) groups excluding carboxylic acids is 1. The Labute approximate surface area is 180 Å². The van der Waals surface area contributed by atoms with Gasteiger partial charge in [-0.3, -0.25) is 14.6 Å². The molecule has 31 heavy (non-hydrogen) atoms. The van der Waals surface area contributed by atoms with Crippen molar-refractivity contribution < 1.29 is 19.0 Å². The van der Waals surface area contributed by atoms with E-state index in [1.54, 1.807) is 17.0 Å². The lowest BCUT2D eigenvalue weighted by atomic mass is 10.0. The largest absolute Gasteiger partial charge is 0.493 e. The highest BCUT2D eigenvalue weighted by molar-refractivity contribution is 5.95. The van der Waals surface area contributed by atoms with E-state index in [4.69, 9.17) is 19.2 Å².